The predicted molar refractivity (Wildman–Crippen MR) is 155 cm³/mol. The summed E-state index contributed by atoms with van der Waals surface area (Å²) in [6.45, 7) is 4.05. The monoisotopic (exact) mass is 648 g/mol. The molecule has 4 aliphatic rings. The molecule has 0 spiro atoms. The first kappa shape index (κ1) is 32.5. The summed E-state index contributed by atoms with van der Waals surface area (Å²) in [5.74, 6) is -11.8. The van der Waals surface area contributed by atoms with Crippen LogP contribution in [0.3, 0.4) is 0 Å². The number of fused-ring (bicyclic) bond motifs is 3. The molecule has 2 bridgehead atoms. The van der Waals surface area contributed by atoms with Gasteiger partial charge < -0.3 is 18.9 Å². The van der Waals surface area contributed by atoms with E-state index in [1.807, 2.05) is 0 Å². The van der Waals surface area contributed by atoms with Gasteiger partial charge in [0.25, 0.3) is 5.97 Å². The van der Waals surface area contributed by atoms with Gasteiger partial charge in [-0.2, -0.15) is 0 Å². The van der Waals surface area contributed by atoms with Crippen molar-refractivity contribution in [3.63, 3.8) is 0 Å². The molecule has 4 fully saturated rings. The zero-order valence-corrected chi connectivity index (χ0v) is 25.3. The predicted octanol–water partition coefficient (Wildman–Crippen LogP) is 8.98. The van der Waals surface area contributed by atoms with E-state index in [9.17, 15) is 26.7 Å². The van der Waals surface area contributed by atoms with Crippen LogP contribution in [-0.4, -0.2) is 31.8 Å². The van der Waals surface area contributed by atoms with Crippen molar-refractivity contribution < 1.29 is 50.1 Å². The van der Waals surface area contributed by atoms with Crippen LogP contribution in [0, 0.1) is 46.2 Å². The number of unbranched alkanes of at least 4 members (excludes halogenated alkanes) is 2. The van der Waals surface area contributed by atoms with Crippen LogP contribution in [0.5, 0.6) is 5.75 Å². The molecule has 0 radical (unpaired) electrons. The number of ether oxygens (including phenoxy) is 4. The Morgan fingerprint density at radius 2 is 1.39 bits per heavy atom. The smallest absolute Gasteiger partial charge is 0.349 e. The molecule has 0 atom stereocenters. The maximum absolute atomic E-state index is 15.3. The molecule has 3 saturated heterocycles. The normalized spacial score (nSPS) is 25.9. The van der Waals surface area contributed by atoms with Crippen LogP contribution >= 0.6 is 0 Å². The van der Waals surface area contributed by atoms with Crippen LogP contribution in [0.15, 0.2) is 42.5 Å². The summed E-state index contributed by atoms with van der Waals surface area (Å²) in [6.07, 6.45) is 7.50. The summed E-state index contributed by atoms with van der Waals surface area (Å²) in [5.41, 5.74) is -0.726. The third kappa shape index (κ3) is 6.29. The molecule has 0 amide bonds. The zero-order chi connectivity index (χ0) is 32.6. The summed E-state index contributed by atoms with van der Waals surface area (Å²) in [6, 6.07) is 6.76. The Balaban J connectivity index is 1.09. The number of hydrogen-bond donors (Lipinski definition) is 0. The average Bonchev–Trinajstić information content (AvgIpc) is 3.04. The fourth-order valence-corrected chi connectivity index (χ4v) is 6.80. The minimum Gasteiger partial charge on any atom is -0.423 e. The average molecular weight is 649 g/mol. The van der Waals surface area contributed by atoms with Gasteiger partial charge in [0.1, 0.15) is 28.8 Å². The lowest BCUT2D eigenvalue weighted by molar-refractivity contribution is -0.488. The fraction of sp³-hybridized carbons (Fsp3) is 0.457. The minimum atomic E-state index is -1.79. The van der Waals surface area contributed by atoms with Crippen LogP contribution in [0.1, 0.15) is 80.1 Å². The van der Waals surface area contributed by atoms with E-state index in [1.165, 1.54) is 18.6 Å². The van der Waals surface area contributed by atoms with Crippen molar-refractivity contribution in [2.75, 3.05) is 19.8 Å². The molecule has 3 aromatic carbocycles. The summed E-state index contributed by atoms with van der Waals surface area (Å²) < 4.78 is 109. The van der Waals surface area contributed by atoms with E-state index >= 15 is 4.39 Å². The van der Waals surface area contributed by atoms with Crippen LogP contribution in [-0.2, 0) is 14.2 Å². The Labute approximate surface area is 262 Å². The van der Waals surface area contributed by atoms with E-state index in [-0.39, 0.29) is 28.4 Å². The zero-order valence-electron chi connectivity index (χ0n) is 25.3. The highest BCUT2D eigenvalue weighted by Crippen LogP contribution is 2.50. The molecule has 0 aromatic heterocycles. The third-order valence-electron chi connectivity index (χ3n) is 9.47. The maximum atomic E-state index is 15.3. The van der Waals surface area contributed by atoms with Crippen LogP contribution in [0.25, 0.3) is 11.1 Å². The molecule has 246 valence electrons. The van der Waals surface area contributed by atoms with Crippen LogP contribution < -0.4 is 4.74 Å². The molecule has 11 heteroatoms. The first-order valence-electron chi connectivity index (χ1n) is 15.6. The maximum Gasteiger partial charge on any atom is 0.349 e. The number of esters is 1. The number of hydrogen-bond acceptors (Lipinski definition) is 5. The van der Waals surface area contributed by atoms with Gasteiger partial charge in [-0.05, 0) is 67.3 Å². The van der Waals surface area contributed by atoms with E-state index < -0.39 is 58.2 Å². The molecule has 5 nitrogen and oxygen atoms in total. The highest BCUT2D eigenvalue weighted by molar-refractivity contribution is 5.92. The summed E-state index contributed by atoms with van der Waals surface area (Å²) in [7, 11) is 0. The van der Waals surface area contributed by atoms with E-state index in [0.717, 1.165) is 62.6 Å². The quantitative estimate of drug-likeness (QED) is 0.0763. The van der Waals surface area contributed by atoms with Crippen molar-refractivity contribution >= 4 is 5.97 Å². The molecular formula is C35H34F6O5. The molecule has 1 aliphatic carbocycles. The lowest BCUT2D eigenvalue weighted by Crippen LogP contribution is -2.63. The second-order valence-corrected chi connectivity index (χ2v) is 12.6. The van der Waals surface area contributed by atoms with Gasteiger partial charge in [0.05, 0.1) is 19.8 Å². The first-order valence-corrected chi connectivity index (χ1v) is 15.6. The second kappa shape index (κ2) is 13.0. The highest BCUT2D eigenvalue weighted by atomic mass is 19.2. The Hall–Kier alpha value is -3.41. The van der Waals surface area contributed by atoms with Gasteiger partial charge in [0.15, 0.2) is 17.5 Å². The highest BCUT2D eigenvalue weighted by Gasteiger charge is 2.56. The Morgan fingerprint density at radius 1 is 0.783 bits per heavy atom. The minimum absolute atomic E-state index is 0.0547. The van der Waals surface area contributed by atoms with E-state index in [4.69, 9.17) is 14.2 Å². The summed E-state index contributed by atoms with van der Waals surface area (Å²) in [5, 5.41) is 0. The lowest BCUT2D eigenvalue weighted by atomic mass is 9.76. The van der Waals surface area contributed by atoms with Gasteiger partial charge in [-0.1, -0.05) is 38.3 Å². The van der Waals surface area contributed by atoms with Gasteiger partial charge in [0.2, 0.25) is 0 Å². The van der Waals surface area contributed by atoms with E-state index in [0.29, 0.717) is 32.0 Å². The lowest BCUT2D eigenvalue weighted by Gasteiger charge is -2.55. The molecule has 3 aromatic rings. The van der Waals surface area contributed by atoms with E-state index in [2.05, 4.69) is 11.7 Å². The molecule has 1 saturated carbocycles. The Bertz CT molecular complexity index is 1550. The Kier molecular flexibility index (Phi) is 9.20. The molecule has 0 N–H and O–H groups in total. The molecule has 46 heavy (non-hydrogen) atoms. The van der Waals surface area contributed by atoms with Gasteiger partial charge in [-0.15, -0.1) is 0 Å². The molecular weight excluding hydrogens is 614 g/mol. The number of carbonyl (C=O) groups is 1. The molecule has 3 aliphatic heterocycles. The summed E-state index contributed by atoms with van der Waals surface area (Å²) in [4.78, 5) is 12.4. The number of benzene rings is 3. The van der Waals surface area contributed by atoms with E-state index in [1.54, 1.807) is 6.07 Å². The van der Waals surface area contributed by atoms with Gasteiger partial charge in [-0.25, -0.2) is 31.1 Å². The third-order valence-corrected chi connectivity index (χ3v) is 9.47. The molecule has 0 unspecified atom stereocenters. The molecule has 7 rings (SSSR count). The first-order chi connectivity index (χ1) is 22.0. The SMILES string of the molecule is CCCCCC12COC(C3CCC(c4ccc(-c5cc(F)c(C(=O)Oc6cc(F)c(F)c(F)c6)c(F)c5)c(F)c4)CC3)(OC1)OC2. The van der Waals surface area contributed by atoms with Crippen molar-refractivity contribution in [2.24, 2.45) is 11.3 Å². The largest absolute Gasteiger partial charge is 0.423 e. The van der Waals surface area contributed by atoms with Crippen LogP contribution in [0.4, 0.5) is 26.3 Å². The van der Waals surface area contributed by atoms with Crippen LogP contribution in [0.2, 0.25) is 0 Å². The fourth-order valence-electron chi connectivity index (χ4n) is 6.80. The van der Waals surface area contributed by atoms with Crippen molar-refractivity contribution in [1.29, 1.82) is 0 Å². The summed E-state index contributed by atoms with van der Waals surface area (Å²) >= 11 is 0. The van der Waals surface area contributed by atoms with Gasteiger partial charge in [0, 0.05) is 29.0 Å². The standard InChI is InChI=1S/C35H34F6O5/c1-2-3-4-11-34-17-43-35(44-18-34,45-19-34)23-8-5-20(6-9-23)21-7-10-25(26(36)12-21)22-13-27(37)31(28(38)14-22)33(42)46-24-15-29(39)32(41)30(40)16-24/h7,10,12-16,20,23H,2-6,8-9,11,17-19H2,1H3. The number of rotatable bonds is 9. The number of halogens is 6. The van der Waals surface area contributed by atoms with Gasteiger partial charge in [-0.3, -0.25) is 0 Å². The number of carbonyl (C=O) groups excluding carboxylic acids is 1. The Morgan fingerprint density at radius 3 is 1.96 bits per heavy atom. The topological polar surface area (TPSA) is 54.0 Å². The van der Waals surface area contributed by atoms with Crippen molar-refractivity contribution in [3.8, 4) is 16.9 Å². The van der Waals surface area contributed by atoms with Crippen molar-refractivity contribution in [1.82, 2.24) is 0 Å². The van der Waals surface area contributed by atoms with Gasteiger partial charge >= 0.3 is 5.97 Å². The molecule has 3 heterocycles. The van der Waals surface area contributed by atoms with Crippen molar-refractivity contribution in [3.05, 3.63) is 88.5 Å². The second-order valence-electron chi connectivity index (χ2n) is 12.6. The van der Waals surface area contributed by atoms with Crippen molar-refractivity contribution in [2.45, 2.75) is 70.2 Å².